The maximum atomic E-state index is 5.59. The van der Waals surface area contributed by atoms with E-state index in [0.29, 0.717) is 19.3 Å². The van der Waals surface area contributed by atoms with Crippen molar-refractivity contribution in [3.63, 3.8) is 0 Å². The van der Waals surface area contributed by atoms with Crippen molar-refractivity contribution in [2.45, 2.75) is 52.1 Å². The number of aromatic nitrogens is 2. The van der Waals surface area contributed by atoms with Gasteiger partial charge in [0.05, 0.1) is 13.2 Å². The van der Waals surface area contributed by atoms with Crippen LogP contribution in [0.2, 0.25) is 0 Å². The fourth-order valence-electron chi connectivity index (χ4n) is 2.29. The lowest BCUT2D eigenvalue weighted by Crippen LogP contribution is -2.34. The van der Waals surface area contributed by atoms with Crippen LogP contribution in [-0.4, -0.2) is 49.1 Å². The predicted molar refractivity (Wildman–Crippen MR) is 85.6 cm³/mol. The Bertz CT molecular complexity index is 355. The molecule has 0 aliphatic rings. The van der Waals surface area contributed by atoms with Crippen LogP contribution in [0.5, 0.6) is 0 Å². The molecule has 0 saturated heterocycles. The molecule has 21 heavy (non-hydrogen) atoms. The van der Waals surface area contributed by atoms with Crippen LogP contribution >= 0.6 is 0 Å². The third-order valence-corrected chi connectivity index (χ3v) is 3.42. The topological polar surface area (TPSA) is 48.3 Å². The number of imidazole rings is 1. The van der Waals surface area contributed by atoms with Crippen molar-refractivity contribution in [3.8, 4) is 0 Å². The molecule has 5 heteroatoms. The van der Waals surface area contributed by atoms with E-state index in [0.717, 1.165) is 45.4 Å². The van der Waals surface area contributed by atoms with Crippen LogP contribution in [-0.2, 0) is 22.4 Å². The second kappa shape index (κ2) is 11.7. The van der Waals surface area contributed by atoms with E-state index in [-0.39, 0.29) is 0 Å². The largest absolute Gasteiger partial charge is 0.382 e. The number of hydrogen-bond donors (Lipinski definition) is 1. The average Bonchev–Trinajstić information content (AvgIpc) is 2.92. The lowest BCUT2D eigenvalue weighted by Gasteiger charge is -2.19. The Labute approximate surface area is 129 Å². The fourth-order valence-corrected chi connectivity index (χ4v) is 2.29. The molecule has 1 rings (SSSR count). The van der Waals surface area contributed by atoms with Gasteiger partial charge in [0.2, 0.25) is 0 Å². The molecule has 0 spiro atoms. The van der Waals surface area contributed by atoms with E-state index >= 15 is 0 Å². The first-order valence-electron chi connectivity index (χ1n) is 8.11. The van der Waals surface area contributed by atoms with Crippen molar-refractivity contribution < 1.29 is 9.47 Å². The summed E-state index contributed by atoms with van der Waals surface area (Å²) in [6.07, 6.45) is 8.21. The second-order valence-electron chi connectivity index (χ2n) is 5.29. The van der Waals surface area contributed by atoms with Gasteiger partial charge in [-0.25, -0.2) is 4.98 Å². The first-order chi connectivity index (χ1) is 10.3. The minimum absolute atomic E-state index is 0.422. The van der Waals surface area contributed by atoms with Crippen molar-refractivity contribution in [1.29, 1.82) is 0 Å². The summed E-state index contributed by atoms with van der Waals surface area (Å²) < 4.78 is 12.8. The van der Waals surface area contributed by atoms with Gasteiger partial charge in [0.25, 0.3) is 0 Å². The van der Waals surface area contributed by atoms with Crippen LogP contribution in [0, 0.1) is 0 Å². The smallest absolute Gasteiger partial charge is 0.110 e. The zero-order valence-electron chi connectivity index (χ0n) is 13.8. The van der Waals surface area contributed by atoms with Crippen molar-refractivity contribution in [2.24, 2.45) is 0 Å². The summed E-state index contributed by atoms with van der Waals surface area (Å²) in [5, 5.41) is 3.60. The molecular weight excluding hydrogens is 266 g/mol. The number of hydrogen-bond acceptors (Lipinski definition) is 4. The molecule has 1 N–H and O–H groups in total. The van der Waals surface area contributed by atoms with Crippen LogP contribution in [0.4, 0.5) is 0 Å². The molecule has 1 heterocycles. The molecule has 122 valence electrons. The average molecular weight is 297 g/mol. The van der Waals surface area contributed by atoms with E-state index < -0.39 is 0 Å². The van der Waals surface area contributed by atoms with Crippen molar-refractivity contribution in [3.05, 3.63) is 18.2 Å². The minimum atomic E-state index is 0.422. The van der Waals surface area contributed by atoms with Crippen molar-refractivity contribution in [1.82, 2.24) is 14.9 Å². The quantitative estimate of drug-likeness (QED) is 0.567. The summed E-state index contributed by atoms with van der Waals surface area (Å²) in [5.74, 6) is 1.17. The fraction of sp³-hybridized carbons (Fsp3) is 0.812. The highest BCUT2D eigenvalue weighted by Crippen LogP contribution is 2.06. The van der Waals surface area contributed by atoms with Gasteiger partial charge in [0.15, 0.2) is 0 Å². The van der Waals surface area contributed by atoms with Crippen molar-refractivity contribution in [2.75, 3.05) is 33.5 Å². The Balaban J connectivity index is 2.42. The molecule has 0 aliphatic carbocycles. The summed E-state index contributed by atoms with van der Waals surface area (Å²) in [7, 11) is 1.70. The molecule has 0 saturated carbocycles. The highest BCUT2D eigenvalue weighted by atomic mass is 16.5. The normalized spacial score (nSPS) is 12.7. The zero-order valence-corrected chi connectivity index (χ0v) is 13.8. The van der Waals surface area contributed by atoms with Gasteiger partial charge < -0.3 is 19.4 Å². The van der Waals surface area contributed by atoms with Gasteiger partial charge in [0, 0.05) is 45.1 Å². The molecule has 0 bridgehead atoms. The number of rotatable bonds is 13. The molecule has 1 aromatic heterocycles. The number of aryl methyl sites for hydroxylation is 1. The van der Waals surface area contributed by atoms with Gasteiger partial charge in [-0.3, -0.25) is 0 Å². The van der Waals surface area contributed by atoms with E-state index in [1.807, 2.05) is 6.20 Å². The molecule has 0 fully saturated rings. The molecule has 1 aromatic rings. The monoisotopic (exact) mass is 297 g/mol. The molecule has 0 aromatic carbocycles. The van der Waals surface area contributed by atoms with E-state index in [1.54, 1.807) is 7.11 Å². The molecule has 1 unspecified atom stereocenters. The Kier molecular flexibility index (Phi) is 10.1. The molecule has 0 radical (unpaired) electrons. The van der Waals surface area contributed by atoms with Gasteiger partial charge in [-0.05, 0) is 25.8 Å². The highest BCUT2D eigenvalue weighted by molar-refractivity contribution is 4.95. The number of nitrogens with zero attached hydrogens (tertiary/aromatic N) is 2. The third-order valence-electron chi connectivity index (χ3n) is 3.42. The molecule has 0 amide bonds. The van der Waals surface area contributed by atoms with Crippen molar-refractivity contribution >= 4 is 0 Å². The standard InChI is InChI=1S/C16H31N3O2/c1-4-7-17-15(6-11-21-13-12-20-3)14-16-18-8-10-19(16)9-5-2/h8,10,15,17H,4-7,9,11-14H2,1-3H3. The maximum absolute atomic E-state index is 5.59. The summed E-state index contributed by atoms with van der Waals surface area (Å²) in [6, 6.07) is 0.422. The van der Waals surface area contributed by atoms with Gasteiger partial charge in [-0.15, -0.1) is 0 Å². The number of ether oxygens (including phenoxy) is 2. The van der Waals surface area contributed by atoms with Crippen LogP contribution < -0.4 is 5.32 Å². The first kappa shape index (κ1) is 18.1. The zero-order chi connectivity index (χ0) is 15.3. The van der Waals surface area contributed by atoms with E-state index in [4.69, 9.17) is 9.47 Å². The Hall–Kier alpha value is -0.910. The number of nitrogens with one attached hydrogen (secondary N) is 1. The summed E-state index contributed by atoms with van der Waals surface area (Å²) in [5.41, 5.74) is 0. The van der Waals surface area contributed by atoms with Crippen LogP contribution in [0.1, 0.15) is 38.9 Å². The Morgan fingerprint density at radius 3 is 2.81 bits per heavy atom. The molecular formula is C16H31N3O2. The number of methoxy groups -OCH3 is 1. The Morgan fingerprint density at radius 1 is 1.24 bits per heavy atom. The van der Waals surface area contributed by atoms with Crippen LogP contribution in [0.15, 0.2) is 12.4 Å². The van der Waals surface area contributed by atoms with E-state index in [2.05, 4.69) is 34.9 Å². The van der Waals surface area contributed by atoms with Crippen LogP contribution in [0.3, 0.4) is 0 Å². The van der Waals surface area contributed by atoms with Gasteiger partial charge in [-0.1, -0.05) is 13.8 Å². The molecule has 1 atom stereocenters. The summed E-state index contributed by atoms with van der Waals surface area (Å²) >= 11 is 0. The maximum Gasteiger partial charge on any atom is 0.110 e. The van der Waals surface area contributed by atoms with Gasteiger partial charge in [-0.2, -0.15) is 0 Å². The third kappa shape index (κ3) is 7.60. The van der Waals surface area contributed by atoms with E-state index in [9.17, 15) is 0 Å². The molecule has 0 aliphatic heterocycles. The predicted octanol–water partition coefficient (Wildman–Crippen LogP) is 2.26. The minimum Gasteiger partial charge on any atom is -0.382 e. The highest BCUT2D eigenvalue weighted by Gasteiger charge is 2.12. The van der Waals surface area contributed by atoms with Crippen LogP contribution in [0.25, 0.3) is 0 Å². The Morgan fingerprint density at radius 2 is 2.10 bits per heavy atom. The van der Waals surface area contributed by atoms with Gasteiger partial charge >= 0.3 is 0 Å². The SMILES string of the molecule is CCCNC(CCOCCOC)Cc1nccn1CCC. The lowest BCUT2D eigenvalue weighted by atomic mass is 10.1. The van der Waals surface area contributed by atoms with Gasteiger partial charge in [0.1, 0.15) is 5.82 Å². The molecule has 5 nitrogen and oxygen atoms in total. The first-order valence-corrected chi connectivity index (χ1v) is 8.11. The van der Waals surface area contributed by atoms with E-state index in [1.165, 1.54) is 5.82 Å². The summed E-state index contributed by atoms with van der Waals surface area (Å²) in [6.45, 7) is 8.56. The lowest BCUT2D eigenvalue weighted by molar-refractivity contribution is 0.0657. The summed E-state index contributed by atoms with van der Waals surface area (Å²) in [4.78, 5) is 4.50. The second-order valence-corrected chi connectivity index (χ2v) is 5.29.